The van der Waals surface area contributed by atoms with Crippen LogP contribution in [0.1, 0.15) is 35.1 Å². The molecule has 3 rings (SSSR count). The number of benzene rings is 1. The summed E-state index contributed by atoms with van der Waals surface area (Å²) in [6.07, 6.45) is 5.78. The van der Waals surface area contributed by atoms with E-state index in [0.717, 1.165) is 38.2 Å². The molecule has 0 unspecified atom stereocenters. The number of pyridine rings is 1. The fraction of sp³-hybridized carbons (Fsp3) is 0.455. The van der Waals surface area contributed by atoms with Crippen LogP contribution < -0.4 is 5.32 Å². The summed E-state index contributed by atoms with van der Waals surface area (Å²) in [6.45, 7) is 7.23. The van der Waals surface area contributed by atoms with Crippen LogP contribution in [0.15, 0.2) is 42.7 Å². The maximum absolute atomic E-state index is 12.3. The van der Waals surface area contributed by atoms with Gasteiger partial charge in [0.05, 0.1) is 5.75 Å². The molecule has 5 heteroatoms. The summed E-state index contributed by atoms with van der Waals surface area (Å²) < 4.78 is 0. The number of hydrogen-bond acceptors (Lipinski definition) is 4. The quantitative estimate of drug-likeness (QED) is 0.792. The minimum Gasteiger partial charge on any atom is -0.353 e. The molecule has 1 amide bonds. The Labute approximate surface area is 166 Å². The maximum Gasteiger partial charge on any atom is 0.230 e. The van der Waals surface area contributed by atoms with Crippen LogP contribution in [0.3, 0.4) is 0 Å². The van der Waals surface area contributed by atoms with Crippen molar-refractivity contribution in [3.8, 4) is 0 Å². The summed E-state index contributed by atoms with van der Waals surface area (Å²) in [6, 6.07) is 11.0. The number of aromatic nitrogens is 1. The van der Waals surface area contributed by atoms with E-state index in [1.807, 2.05) is 18.5 Å². The van der Waals surface area contributed by atoms with Gasteiger partial charge in [-0.1, -0.05) is 35.4 Å². The predicted octanol–water partition coefficient (Wildman–Crippen LogP) is 3.71. The van der Waals surface area contributed by atoms with Gasteiger partial charge < -0.3 is 5.32 Å². The van der Waals surface area contributed by atoms with Crippen LogP contribution in [0, 0.1) is 13.8 Å². The molecule has 1 aromatic carbocycles. The second-order valence-corrected chi connectivity index (χ2v) is 8.45. The van der Waals surface area contributed by atoms with Gasteiger partial charge in [0.1, 0.15) is 0 Å². The molecule has 1 fully saturated rings. The molecule has 0 atom stereocenters. The highest BCUT2D eigenvalue weighted by Gasteiger charge is 2.20. The van der Waals surface area contributed by atoms with Crippen LogP contribution in [-0.2, 0) is 17.1 Å². The predicted molar refractivity (Wildman–Crippen MR) is 113 cm³/mol. The van der Waals surface area contributed by atoms with Crippen LogP contribution in [0.4, 0.5) is 0 Å². The zero-order valence-corrected chi connectivity index (χ0v) is 17.1. The Morgan fingerprint density at radius 2 is 1.93 bits per heavy atom. The number of hydrogen-bond donors (Lipinski definition) is 1. The Bertz CT molecular complexity index is 722. The number of piperidine rings is 1. The molecule has 0 aliphatic carbocycles. The molecule has 0 bridgehead atoms. The van der Waals surface area contributed by atoms with Gasteiger partial charge >= 0.3 is 0 Å². The summed E-state index contributed by atoms with van der Waals surface area (Å²) in [5.74, 6) is 1.58. The molecule has 1 aliphatic heterocycles. The third-order valence-electron chi connectivity index (χ3n) is 4.87. The number of aryl methyl sites for hydroxylation is 2. The van der Waals surface area contributed by atoms with Crippen molar-refractivity contribution in [2.75, 3.05) is 18.8 Å². The molecule has 144 valence electrons. The highest BCUT2D eigenvalue weighted by molar-refractivity contribution is 7.99. The number of thioether (sulfide) groups is 1. The van der Waals surface area contributed by atoms with Crippen molar-refractivity contribution < 1.29 is 4.79 Å². The van der Waals surface area contributed by atoms with Crippen molar-refractivity contribution in [1.82, 2.24) is 15.2 Å². The third kappa shape index (κ3) is 6.67. The van der Waals surface area contributed by atoms with Gasteiger partial charge in [-0.25, -0.2) is 0 Å². The lowest BCUT2D eigenvalue weighted by Gasteiger charge is -2.32. The number of nitrogens with one attached hydrogen (secondary N) is 1. The van der Waals surface area contributed by atoms with E-state index in [-0.39, 0.29) is 5.91 Å². The van der Waals surface area contributed by atoms with E-state index < -0.39 is 0 Å². The smallest absolute Gasteiger partial charge is 0.230 e. The maximum atomic E-state index is 12.3. The van der Waals surface area contributed by atoms with E-state index in [4.69, 9.17) is 0 Å². The molecule has 2 aromatic rings. The zero-order chi connectivity index (χ0) is 19.1. The van der Waals surface area contributed by atoms with E-state index in [2.05, 4.69) is 53.3 Å². The van der Waals surface area contributed by atoms with Gasteiger partial charge in [0.25, 0.3) is 0 Å². The average molecular weight is 384 g/mol. The van der Waals surface area contributed by atoms with Crippen molar-refractivity contribution in [1.29, 1.82) is 0 Å². The lowest BCUT2D eigenvalue weighted by atomic mass is 10.0. The number of carbonyl (C=O) groups excluding carboxylic acids is 1. The van der Waals surface area contributed by atoms with E-state index >= 15 is 0 Å². The molecule has 0 radical (unpaired) electrons. The van der Waals surface area contributed by atoms with Crippen molar-refractivity contribution in [2.45, 2.75) is 45.0 Å². The highest BCUT2D eigenvalue weighted by atomic mass is 32.2. The van der Waals surface area contributed by atoms with Crippen LogP contribution in [0.2, 0.25) is 0 Å². The van der Waals surface area contributed by atoms with Gasteiger partial charge in [0.2, 0.25) is 5.91 Å². The Morgan fingerprint density at radius 3 is 2.59 bits per heavy atom. The first-order valence-electron chi connectivity index (χ1n) is 9.64. The van der Waals surface area contributed by atoms with Crippen LogP contribution in [0.5, 0.6) is 0 Å². The Balaban J connectivity index is 1.34. The number of rotatable bonds is 7. The molecule has 1 saturated heterocycles. The SMILES string of the molecule is Cc1cc(C)cc(CSCC(=O)NC2CCN(Cc3cccnc3)CC2)c1. The Kier molecular flexibility index (Phi) is 7.30. The summed E-state index contributed by atoms with van der Waals surface area (Å²) in [4.78, 5) is 18.9. The summed E-state index contributed by atoms with van der Waals surface area (Å²) in [5, 5.41) is 3.21. The molecule has 0 spiro atoms. The van der Waals surface area contributed by atoms with Crippen molar-refractivity contribution in [2.24, 2.45) is 0 Å². The summed E-state index contributed by atoms with van der Waals surface area (Å²) >= 11 is 1.69. The lowest BCUT2D eigenvalue weighted by Crippen LogP contribution is -2.44. The molecule has 2 heterocycles. The Morgan fingerprint density at radius 1 is 1.19 bits per heavy atom. The van der Waals surface area contributed by atoms with E-state index in [0.29, 0.717) is 11.8 Å². The molecular formula is C22H29N3OS. The van der Waals surface area contributed by atoms with Crippen molar-refractivity contribution in [3.63, 3.8) is 0 Å². The van der Waals surface area contributed by atoms with Gasteiger partial charge in [-0.15, -0.1) is 11.8 Å². The normalized spacial score (nSPS) is 15.6. The fourth-order valence-electron chi connectivity index (χ4n) is 3.67. The minimum atomic E-state index is 0.162. The van der Waals surface area contributed by atoms with Crippen molar-refractivity contribution in [3.05, 3.63) is 65.0 Å². The Hall–Kier alpha value is -1.85. The monoisotopic (exact) mass is 383 g/mol. The van der Waals surface area contributed by atoms with Gasteiger partial charge in [0.15, 0.2) is 0 Å². The number of nitrogens with zero attached hydrogens (tertiary/aromatic N) is 2. The minimum absolute atomic E-state index is 0.162. The van der Waals surface area contributed by atoms with Crippen LogP contribution >= 0.6 is 11.8 Å². The lowest BCUT2D eigenvalue weighted by molar-refractivity contribution is -0.119. The van der Waals surface area contributed by atoms with Gasteiger partial charge in [-0.05, 0) is 43.9 Å². The molecule has 4 nitrogen and oxygen atoms in total. The first kappa shape index (κ1) is 19.9. The molecular weight excluding hydrogens is 354 g/mol. The number of carbonyl (C=O) groups is 1. The first-order valence-corrected chi connectivity index (χ1v) is 10.8. The largest absolute Gasteiger partial charge is 0.353 e. The first-order chi connectivity index (χ1) is 13.1. The van der Waals surface area contributed by atoms with Crippen LogP contribution in [0.25, 0.3) is 0 Å². The second kappa shape index (κ2) is 9.90. The van der Waals surface area contributed by atoms with E-state index in [1.165, 1.54) is 22.3 Å². The zero-order valence-electron chi connectivity index (χ0n) is 16.3. The van der Waals surface area contributed by atoms with Gasteiger partial charge in [-0.3, -0.25) is 14.7 Å². The standard InChI is InChI=1S/C22H29N3OS/c1-17-10-18(2)12-20(11-17)15-27-16-22(26)24-21-5-8-25(9-6-21)14-19-4-3-7-23-13-19/h3-4,7,10-13,21H,5-6,8-9,14-16H2,1-2H3,(H,24,26). The molecule has 1 aromatic heterocycles. The molecule has 27 heavy (non-hydrogen) atoms. The van der Waals surface area contributed by atoms with E-state index in [1.54, 1.807) is 11.8 Å². The number of likely N-dealkylation sites (tertiary alicyclic amines) is 1. The molecule has 1 N–H and O–H groups in total. The summed E-state index contributed by atoms with van der Waals surface area (Å²) in [7, 11) is 0. The number of amides is 1. The van der Waals surface area contributed by atoms with Crippen molar-refractivity contribution >= 4 is 17.7 Å². The van der Waals surface area contributed by atoms with Gasteiger partial charge in [0, 0.05) is 43.8 Å². The van der Waals surface area contributed by atoms with Crippen LogP contribution in [-0.4, -0.2) is 40.7 Å². The fourth-order valence-corrected chi connectivity index (χ4v) is 4.44. The average Bonchev–Trinajstić information content (AvgIpc) is 2.63. The third-order valence-corrected chi connectivity index (χ3v) is 5.87. The molecule has 0 saturated carbocycles. The highest BCUT2D eigenvalue weighted by Crippen LogP contribution is 2.17. The topological polar surface area (TPSA) is 45.2 Å². The summed E-state index contributed by atoms with van der Waals surface area (Å²) in [5.41, 5.74) is 5.12. The van der Waals surface area contributed by atoms with Gasteiger partial charge in [-0.2, -0.15) is 0 Å². The molecule has 1 aliphatic rings. The second-order valence-electron chi connectivity index (χ2n) is 7.47. The van der Waals surface area contributed by atoms with E-state index in [9.17, 15) is 4.79 Å².